The standard InChI is InChI=1S/C24H27FN2O3/c1-17-6-7-22(19(25)14-17)30-21-8-9-26-20-16-24(23(28-2)15-18(20)21)29-13-12-27-10-4-3-5-11-27/h6-9,14-16H,3-5,10-13H2,1-2H3. The lowest BCUT2D eigenvalue weighted by Gasteiger charge is -2.26. The highest BCUT2D eigenvalue weighted by Gasteiger charge is 2.15. The summed E-state index contributed by atoms with van der Waals surface area (Å²) < 4.78 is 31.7. The first-order chi connectivity index (χ1) is 14.6. The molecule has 3 aromatic rings. The number of halogens is 1. The van der Waals surface area contributed by atoms with Crippen LogP contribution in [0.3, 0.4) is 0 Å². The van der Waals surface area contributed by atoms with E-state index < -0.39 is 5.82 Å². The van der Waals surface area contributed by atoms with E-state index in [9.17, 15) is 4.39 Å². The van der Waals surface area contributed by atoms with Gasteiger partial charge in [0.05, 0.1) is 12.6 Å². The molecule has 1 aliphatic rings. The monoisotopic (exact) mass is 410 g/mol. The molecule has 5 nitrogen and oxygen atoms in total. The van der Waals surface area contributed by atoms with Gasteiger partial charge in [-0.3, -0.25) is 9.88 Å². The number of aromatic nitrogens is 1. The maximum atomic E-state index is 14.2. The number of pyridine rings is 1. The molecule has 4 rings (SSSR count). The summed E-state index contributed by atoms with van der Waals surface area (Å²) in [5.41, 5.74) is 1.54. The average molecular weight is 410 g/mol. The molecule has 1 saturated heterocycles. The van der Waals surface area contributed by atoms with E-state index in [1.165, 1.54) is 25.3 Å². The second-order valence-electron chi connectivity index (χ2n) is 7.62. The zero-order chi connectivity index (χ0) is 20.9. The van der Waals surface area contributed by atoms with Gasteiger partial charge in [-0.1, -0.05) is 12.5 Å². The van der Waals surface area contributed by atoms with Crippen molar-refractivity contribution in [3.05, 3.63) is 54.0 Å². The molecule has 6 heteroatoms. The minimum atomic E-state index is -0.399. The Bertz CT molecular complexity index is 1020. The van der Waals surface area contributed by atoms with Gasteiger partial charge in [-0.25, -0.2) is 4.39 Å². The molecule has 1 aliphatic heterocycles. The zero-order valence-corrected chi connectivity index (χ0v) is 17.5. The number of aryl methyl sites for hydroxylation is 1. The van der Waals surface area contributed by atoms with E-state index in [1.54, 1.807) is 25.4 Å². The van der Waals surface area contributed by atoms with Gasteiger partial charge in [0.2, 0.25) is 0 Å². The molecular formula is C24H27FN2O3. The third kappa shape index (κ3) is 4.65. The minimum absolute atomic E-state index is 0.175. The van der Waals surface area contributed by atoms with Crippen LogP contribution in [0.1, 0.15) is 24.8 Å². The van der Waals surface area contributed by atoms with Crippen molar-refractivity contribution in [3.63, 3.8) is 0 Å². The Balaban J connectivity index is 1.55. The fourth-order valence-corrected chi connectivity index (χ4v) is 3.76. The van der Waals surface area contributed by atoms with Crippen molar-refractivity contribution in [2.75, 3.05) is 33.4 Å². The normalized spacial score (nSPS) is 14.6. The Kier molecular flexibility index (Phi) is 6.33. The third-order valence-corrected chi connectivity index (χ3v) is 5.41. The molecule has 0 spiro atoms. The summed E-state index contributed by atoms with van der Waals surface area (Å²) in [5, 5.41) is 0.734. The van der Waals surface area contributed by atoms with Crippen molar-refractivity contribution >= 4 is 10.9 Å². The van der Waals surface area contributed by atoms with Gasteiger partial charge in [-0.15, -0.1) is 0 Å². The molecule has 0 aliphatic carbocycles. The van der Waals surface area contributed by atoms with Crippen LogP contribution < -0.4 is 14.2 Å². The summed E-state index contributed by atoms with van der Waals surface area (Å²) in [7, 11) is 1.61. The Labute approximate surface area is 176 Å². The zero-order valence-electron chi connectivity index (χ0n) is 17.5. The number of nitrogens with zero attached hydrogens (tertiary/aromatic N) is 2. The summed E-state index contributed by atoms with van der Waals surface area (Å²) in [6, 6.07) is 10.3. The van der Waals surface area contributed by atoms with E-state index in [1.807, 2.05) is 25.1 Å². The van der Waals surface area contributed by atoms with Crippen LogP contribution in [0, 0.1) is 12.7 Å². The Hall–Kier alpha value is -2.86. The highest BCUT2D eigenvalue weighted by Crippen LogP contribution is 2.37. The maximum Gasteiger partial charge on any atom is 0.165 e. The Morgan fingerprint density at radius 2 is 1.80 bits per heavy atom. The molecular weight excluding hydrogens is 383 g/mol. The molecule has 1 fully saturated rings. The molecule has 2 aromatic carbocycles. The van der Waals surface area contributed by atoms with E-state index in [0.29, 0.717) is 29.4 Å². The predicted octanol–water partition coefficient (Wildman–Crippen LogP) is 5.35. The molecule has 0 unspecified atom stereocenters. The molecule has 30 heavy (non-hydrogen) atoms. The number of hydrogen-bond acceptors (Lipinski definition) is 5. The van der Waals surface area contributed by atoms with Crippen LogP contribution >= 0.6 is 0 Å². The molecule has 0 amide bonds. The van der Waals surface area contributed by atoms with E-state index in [0.717, 1.165) is 30.6 Å². The van der Waals surface area contributed by atoms with Crippen molar-refractivity contribution in [3.8, 4) is 23.0 Å². The number of ether oxygens (including phenoxy) is 3. The first-order valence-corrected chi connectivity index (χ1v) is 10.4. The first-order valence-electron chi connectivity index (χ1n) is 10.4. The molecule has 1 aromatic heterocycles. The average Bonchev–Trinajstić information content (AvgIpc) is 2.76. The maximum absolute atomic E-state index is 14.2. The summed E-state index contributed by atoms with van der Waals surface area (Å²) in [6.07, 6.45) is 5.48. The van der Waals surface area contributed by atoms with E-state index >= 15 is 0 Å². The van der Waals surface area contributed by atoms with Gasteiger partial charge >= 0.3 is 0 Å². The van der Waals surface area contributed by atoms with Gasteiger partial charge in [0, 0.05) is 24.2 Å². The lowest BCUT2D eigenvalue weighted by atomic mass is 10.1. The van der Waals surface area contributed by atoms with Crippen molar-refractivity contribution < 1.29 is 18.6 Å². The largest absolute Gasteiger partial charge is 0.493 e. The van der Waals surface area contributed by atoms with Gasteiger partial charge in [0.25, 0.3) is 0 Å². The number of fused-ring (bicyclic) bond motifs is 1. The predicted molar refractivity (Wildman–Crippen MR) is 115 cm³/mol. The fraction of sp³-hybridized carbons (Fsp3) is 0.375. The van der Waals surface area contributed by atoms with Gasteiger partial charge in [0.15, 0.2) is 23.1 Å². The molecule has 0 N–H and O–H groups in total. The van der Waals surface area contributed by atoms with Crippen LogP contribution in [0.25, 0.3) is 10.9 Å². The van der Waals surface area contributed by atoms with Gasteiger partial charge in [0.1, 0.15) is 12.4 Å². The van der Waals surface area contributed by atoms with Crippen molar-refractivity contribution in [2.24, 2.45) is 0 Å². The topological polar surface area (TPSA) is 43.8 Å². The van der Waals surface area contributed by atoms with Crippen molar-refractivity contribution in [2.45, 2.75) is 26.2 Å². The van der Waals surface area contributed by atoms with E-state index in [4.69, 9.17) is 14.2 Å². The first kappa shape index (κ1) is 20.4. The van der Waals surface area contributed by atoms with Crippen LogP contribution in [0.15, 0.2) is 42.6 Å². The van der Waals surface area contributed by atoms with Gasteiger partial charge < -0.3 is 14.2 Å². The van der Waals surface area contributed by atoms with Gasteiger partial charge in [-0.2, -0.15) is 0 Å². The second kappa shape index (κ2) is 9.30. The number of likely N-dealkylation sites (tertiary alicyclic amines) is 1. The fourth-order valence-electron chi connectivity index (χ4n) is 3.76. The summed E-state index contributed by atoms with van der Waals surface area (Å²) in [6.45, 7) is 5.59. The van der Waals surface area contributed by atoms with Crippen LogP contribution in [-0.4, -0.2) is 43.2 Å². The Morgan fingerprint density at radius 1 is 0.967 bits per heavy atom. The molecule has 0 bridgehead atoms. The van der Waals surface area contributed by atoms with E-state index in [2.05, 4.69) is 9.88 Å². The molecule has 0 radical (unpaired) electrons. The van der Waals surface area contributed by atoms with Crippen molar-refractivity contribution in [1.82, 2.24) is 9.88 Å². The number of hydrogen-bond donors (Lipinski definition) is 0. The number of benzene rings is 2. The summed E-state index contributed by atoms with van der Waals surface area (Å²) >= 11 is 0. The molecule has 0 saturated carbocycles. The number of methoxy groups -OCH3 is 1. The van der Waals surface area contributed by atoms with Crippen LogP contribution in [-0.2, 0) is 0 Å². The Morgan fingerprint density at radius 3 is 2.57 bits per heavy atom. The number of rotatable bonds is 7. The molecule has 2 heterocycles. The van der Waals surface area contributed by atoms with Crippen LogP contribution in [0.2, 0.25) is 0 Å². The molecule has 0 atom stereocenters. The van der Waals surface area contributed by atoms with Crippen LogP contribution in [0.5, 0.6) is 23.0 Å². The van der Waals surface area contributed by atoms with E-state index in [-0.39, 0.29) is 5.75 Å². The molecule has 158 valence electrons. The quantitative estimate of drug-likeness (QED) is 0.525. The van der Waals surface area contributed by atoms with Gasteiger partial charge in [-0.05, 0) is 62.7 Å². The highest BCUT2D eigenvalue weighted by atomic mass is 19.1. The lowest BCUT2D eigenvalue weighted by molar-refractivity contribution is 0.181. The highest BCUT2D eigenvalue weighted by molar-refractivity contribution is 5.88. The smallest absolute Gasteiger partial charge is 0.165 e. The number of piperidine rings is 1. The summed E-state index contributed by atoms with van der Waals surface area (Å²) in [5.74, 6) is 1.54. The van der Waals surface area contributed by atoms with Crippen LogP contribution in [0.4, 0.5) is 4.39 Å². The lowest BCUT2D eigenvalue weighted by Crippen LogP contribution is -2.33. The second-order valence-corrected chi connectivity index (χ2v) is 7.62. The SMILES string of the molecule is COc1cc2c(Oc3ccc(C)cc3F)ccnc2cc1OCCN1CCCCC1. The minimum Gasteiger partial charge on any atom is -0.493 e. The third-order valence-electron chi connectivity index (χ3n) is 5.41. The summed E-state index contributed by atoms with van der Waals surface area (Å²) in [4.78, 5) is 6.86. The van der Waals surface area contributed by atoms with Crippen molar-refractivity contribution in [1.29, 1.82) is 0 Å².